The van der Waals surface area contributed by atoms with Crippen LogP contribution in [-0.2, 0) is 11.3 Å². The first-order valence-corrected chi connectivity index (χ1v) is 4.79. The molecule has 0 atom stereocenters. The standard InChI is InChI=1S/C10H10F5NO2/c11-7-1-6(3-16)2-8(12)9(7)18-5-17-4-10(13,14)15/h1-2H,3-5,16H2. The van der Waals surface area contributed by atoms with Crippen LogP contribution in [0.2, 0.25) is 0 Å². The summed E-state index contributed by atoms with van der Waals surface area (Å²) in [6.07, 6.45) is -4.52. The molecule has 0 spiro atoms. The highest BCUT2D eigenvalue weighted by Crippen LogP contribution is 2.23. The van der Waals surface area contributed by atoms with Gasteiger partial charge in [-0.25, -0.2) is 8.78 Å². The van der Waals surface area contributed by atoms with Crippen LogP contribution < -0.4 is 10.5 Å². The quantitative estimate of drug-likeness (QED) is 0.508. The van der Waals surface area contributed by atoms with E-state index in [0.717, 1.165) is 12.1 Å². The Morgan fingerprint density at radius 2 is 1.67 bits per heavy atom. The highest BCUT2D eigenvalue weighted by Gasteiger charge is 2.27. The molecule has 0 fully saturated rings. The fraction of sp³-hybridized carbons (Fsp3) is 0.400. The molecule has 0 saturated heterocycles. The van der Waals surface area contributed by atoms with Gasteiger partial charge in [0.05, 0.1) is 0 Å². The molecule has 0 aromatic heterocycles. The fourth-order valence-electron chi connectivity index (χ4n) is 1.13. The third-order valence-electron chi connectivity index (χ3n) is 1.85. The predicted octanol–water partition coefficient (Wildman–Crippen LogP) is 2.34. The first-order valence-electron chi connectivity index (χ1n) is 4.79. The second-order valence-electron chi connectivity index (χ2n) is 3.32. The number of nitrogens with two attached hydrogens (primary N) is 1. The number of benzene rings is 1. The lowest BCUT2D eigenvalue weighted by atomic mass is 10.2. The van der Waals surface area contributed by atoms with Gasteiger partial charge in [-0.2, -0.15) is 13.2 Å². The van der Waals surface area contributed by atoms with Gasteiger partial charge in [0.2, 0.25) is 0 Å². The minimum atomic E-state index is -4.52. The van der Waals surface area contributed by atoms with Gasteiger partial charge in [0.1, 0.15) is 6.61 Å². The number of hydrogen-bond acceptors (Lipinski definition) is 3. The van der Waals surface area contributed by atoms with E-state index in [1.165, 1.54) is 0 Å². The van der Waals surface area contributed by atoms with E-state index in [2.05, 4.69) is 9.47 Å². The Kier molecular flexibility index (Phi) is 4.85. The van der Waals surface area contributed by atoms with E-state index in [1.54, 1.807) is 0 Å². The maximum absolute atomic E-state index is 13.3. The highest BCUT2D eigenvalue weighted by molar-refractivity contribution is 5.31. The van der Waals surface area contributed by atoms with Crippen molar-refractivity contribution in [3.8, 4) is 5.75 Å². The molecule has 0 aliphatic rings. The van der Waals surface area contributed by atoms with Crippen molar-refractivity contribution >= 4 is 0 Å². The molecule has 3 nitrogen and oxygen atoms in total. The van der Waals surface area contributed by atoms with Crippen LogP contribution in [-0.4, -0.2) is 19.6 Å². The molecule has 0 amide bonds. The van der Waals surface area contributed by atoms with Crippen molar-refractivity contribution in [1.29, 1.82) is 0 Å². The minimum Gasteiger partial charge on any atom is -0.461 e. The number of alkyl halides is 3. The number of ether oxygens (including phenoxy) is 2. The smallest absolute Gasteiger partial charge is 0.411 e. The lowest BCUT2D eigenvalue weighted by Crippen LogP contribution is -2.19. The minimum absolute atomic E-state index is 0.0707. The molecule has 0 bridgehead atoms. The monoisotopic (exact) mass is 271 g/mol. The molecule has 0 aliphatic carbocycles. The largest absolute Gasteiger partial charge is 0.461 e. The van der Waals surface area contributed by atoms with E-state index < -0.39 is 37.0 Å². The molecule has 0 saturated carbocycles. The number of halogens is 5. The van der Waals surface area contributed by atoms with Crippen LogP contribution in [0.1, 0.15) is 5.56 Å². The van der Waals surface area contributed by atoms with Crippen LogP contribution >= 0.6 is 0 Å². The molecule has 102 valence electrons. The van der Waals surface area contributed by atoms with Gasteiger partial charge in [0.15, 0.2) is 24.2 Å². The van der Waals surface area contributed by atoms with Crippen molar-refractivity contribution in [1.82, 2.24) is 0 Å². The second-order valence-corrected chi connectivity index (χ2v) is 3.32. The zero-order valence-electron chi connectivity index (χ0n) is 9.06. The molecule has 1 aromatic rings. The first-order chi connectivity index (χ1) is 8.33. The van der Waals surface area contributed by atoms with Gasteiger partial charge < -0.3 is 15.2 Å². The fourth-order valence-corrected chi connectivity index (χ4v) is 1.13. The average Bonchev–Trinajstić information content (AvgIpc) is 2.25. The van der Waals surface area contributed by atoms with Gasteiger partial charge in [0.25, 0.3) is 0 Å². The summed E-state index contributed by atoms with van der Waals surface area (Å²) < 4.78 is 70.1. The molecule has 0 aliphatic heterocycles. The van der Waals surface area contributed by atoms with Gasteiger partial charge in [-0.15, -0.1) is 0 Å². The number of rotatable bonds is 5. The Morgan fingerprint density at radius 1 is 1.11 bits per heavy atom. The van der Waals surface area contributed by atoms with E-state index >= 15 is 0 Å². The molecule has 18 heavy (non-hydrogen) atoms. The second kappa shape index (κ2) is 5.96. The molecular formula is C10H10F5NO2. The van der Waals surface area contributed by atoms with Crippen molar-refractivity contribution in [2.75, 3.05) is 13.4 Å². The molecular weight excluding hydrogens is 261 g/mol. The molecule has 0 unspecified atom stereocenters. The first kappa shape index (κ1) is 14.7. The summed E-state index contributed by atoms with van der Waals surface area (Å²) >= 11 is 0. The molecule has 1 aromatic carbocycles. The van der Waals surface area contributed by atoms with E-state index in [-0.39, 0.29) is 12.1 Å². The van der Waals surface area contributed by atoms with Crippen molar-refractivity contribution in [2.45, 2.75) is 12.7 Å². The summed E-state index contributed by atoms with van der Waals surface area (Å²) in [5, 5.41) is 0. The lowest BCUT2D eigenvalue weighted by molar-refractivity contribution is -0.187. The summed E-state index contributed by atoms with van der Waals surface area (Å²) in [6.45, 7) is -2.54. The maximum atomic E-state index is 13.3. The van der Waals surface area contributed by atoms with Crippen LogP contribution in [0, 0.1) is 11.6 Å². The predicted molar refractivity (Wildman–Crippen MR) is 51.8 cm³/mol. The average molecular weight is 271 g/mol. The molecule has 0 radical (unpaired) electrons. The zero-order valence-corrected chi connectivity index (χ0v) is 9.06. The normalized spacial score (nSPS) is 11.7. The van der Waals surface area contributed by atoms with Crippen molar-refractivity contribution in [3.63, 3.8) is 0 Å². The van der Waals surface area contributed by atoms with Crippen LogP contribution in [0.3, 0.4) is 0 Å². The highest BCUT2D eigenvalue weighted by atomic mass is 19.4. The maximum Gasteiger partial charge on any atom is 0.411 e. The zero-order chi connectivity index (χ0) is 13.8. The Bertz CT molecular complexity index is 385. The Morgan fingerprint density at radius 3 is 2.11 bits per heavy atom. The molecule has 2 N–H and O–H groups in total. The van der Waals surface area contributed by atoms with Crippen LogP contribution in [0.5, 0.6) is 5.75 Å². The van der Waals surface area contributed by atoms with Gasteiger partial charge >= 0.3 is 6.18 Å². The van der Waals surface area contributed by atoms with Crippen LogP contribution in [0.4, 0.5) is 22.0 Å². The van der Waals surface area contributed by atoms with Gasteiger partial charge in [-0.05, 0) is 17.7 Å². The van der Waals surface area contributed by atoms with E-state index in [0.29, 0.717) is 0 Å². The summed E-state index contributed by atoms with van der Waals surface area (Å²) in [6, 6.07) is 1.87. The Labute approximate surface area is 99.3 Å². The van der Waals surface area contributed by atoms with Crippen molar-refractivity contribution in [3.05, 3.63) is 29.3 Å². The molecule has 0 heterocycles. The molecule has 8 heteroatoms. The van der Waals surface area contributed by atoms with E-state index in [4.69, 9.17) is 5.73 Å². The third kappa shape index (κ3) is 4.46. The van der Waals surface area contributed by atoms with Gasteiger partial charge in [0, 0.05) is 6.54 Å². The lowest BCUT2D eigenvalue weighted by Gasteiger charge is -2.11. The topological polar surface area (TPSA) is 44.5 Å². The van der Waals surface area contributed by atoms with Crippen LogP contribution in [0.15, 0.2) is 12.1 Å². The van der Waals surface area contributed by atoms with E-state index in [1.807, 2.05) is 0 Å². The number of hydrogen-bond donors (Lipinski definition) is 1. The SMILES string of the molecule is NCc1cc(F)c(OCOCC(F)(F)F)c(F)c1. The summed E-state index contributed by atoms with van der Waals surface area (Å²) in [5.41, 5.74) is 5.39. The van der Waals surface area contributed by atoms with Crippen LogP contribution in [0.25, 0.3) is 0 Å². The van der Waals surface area contributed by atoms with Gasteiger partial charge in [-0.3, -0.25) is 0 Å². The summed E-state index contributed by atoms with van der Waals surface area (Å²) in [5.74, 6) is -2.90. The third-order valence-corrected chi connectivity index (χ3v) is 1.85. The van der Waals surface area contributed by atoms with Crippen molar-refractivity contribution in [2.24, 2.45) is 5.73 Å². The summed E-state index contributed by atoms with van der Waals surface area (Å²) in [4.78, 5) is 0. The Balaban J connectivity index is 2.57. The van der Waals surface area contributed by atoms with Gasteiger partial charge in [-0.1, -0.05) is 0 Å². The van der Waals surface area contributed by atoms with Crippen molar-refractivity contribution < 1.29 is 31.4 Å². The summed E-state index contributed by atoms with van der Waals surface area (Å²) in [7, 11) is 0. The Hall–Kier alpha value is -1.41. The van der Waals surface area contributed by atoms with E-state index in [9.17, 15) is 22.0 Å². The molecule has 1 rings (SSSR count).